The van der Waals surface area contributed by atoms with Crippen molar-refractivity contribution in [3.05, 3.63) is 22.8 Å². The lowest BCUT2D eigenvalue weighted by atomic mass is 10.2. The molecule has 0 radical (unpaired) electrons. The summed E-state index contributed by atoms with van der Waals surface area (Å²) in [5.41, 5.74) is 0.108. The Balaban J connectivity index is 2.73. The molecule has 1 atom stereocenters. The van der Waals surface area contributed by atoms with Crippen LogP contribution in [-0.2, 0) is 4.74 Å². The normalized spacial score (nSPS) is 12.2. The largest absolute Gasteiger partial charge is 0.478 e. The van der Waals surface area contributed by atoms with Crippen LogP contribution in [-0.4, -0.2) is 35.3 Å². The van der Waals surface area contributed by atoms with E-state index in [1.807, 2.05) is 13.8 Å². The Hall–Kier alpha value is -1.33. The number of hydrogen-bond donors (Lipinski definition) is 2. The summed E-state index contributed by atoms with van der Waals surface area (Å²) in [4.78, 5) is 14.8. The SMILES string of the molecule is CCOCC(C)Nc1cc(C(=O)O)cc(Cl)n1. The third kappa shape index (κ3) is 4.58. The van der Waals surface area contributed by atoms with Crippen molar-refractivity contribution in [2.45, 2.75) is 19.9 Å². The van der Waals surface area contributed by atoms with Crippen LogP contribution in [0, 0.1) is 0 Å². The molecule has 0 aliphatic rings. The van der Waals surface area contributed by atoms with E-state index in [0.29, 0.717) is 19.0 Å². The number of carboxylic acids is 1. The van der Waals surface area contributed by atoms with Crippen molar-refractivity contribution < 1.29 is 14.6 Å². The molecule has 5 nitrogen and oxygen atoms in total. The summed E-state index contributed by atoms with van der Waals surface area (Å²) < 4.78 is 5.24. The maximum atomic E-state index is 10.8. The monoisotopic (exact) mass is 258 g/mol. The first kappa shape index (κ1) is 13.7. The second kappa shape index (κ2) is 6.42. The van der Waals surface area contributed by atoms with E-state index < -0.39 is 5.97 Å². The number of carbonyl (C=O) groups is 1. The van der Waals surface area contributed by atoms with Gasteiger partial charge in [-0.1, -0.05) is 11.6 Å². The number of hydrogen-bond acceptors (Lipinski definition) is 4. The molecule has 0 saturated carbocycles. The average molecular weight is 259 g/mol. The Bertz CT molecular complexity index is 398. The fraction of sp³-hybridized carbons (Fsp3) is 0.455. The maximum Gasteiger partial charge on any atom is 0.335 e. The van der Waals surface area contributed by atoms with Gasteiger partial charge in [0.2, 0.25) is 0 Å². The number of carboxylic acid groups (broad SMARTS) is 1. The Morgan fingerprint density at radius 2 is 2.35 bits per heavy atom. The van der Waals surface area contributed by atoms with Crippen LogP contribution in [0.15, 0.2) is 12.1 Å². The lowest BCUT2D eigenvalue weighted by Crippen LogP contribution is -2.22. The van der Waals surface area contributed by atoms with Crippen LogP contribution < -0.4 is 5.32 Å². The number of aromatic carboxylic acids is 1. The molecular weight excluding hydrogens is 244 g/mol. The summed E-state index contributed by atoms with van der Waals surface area (Å²) in [6.45, 7) is 4.98. The molecule has 6 heteroatoms. The average Bonchev–Trinajstić information content (AvgIpc) is 2.25. The third-order valence-corrected chi connectivity index (χ3v) is 2.20. The first-order chi connectivity index (χ1) is 8.02. The molecule has 0 aliphatic heterocycles. The maximum absolute atomic E-state index is 10.8. The van der Waals surface area contributed by atoms with Gasteiger partial charge in [0.1, 0.15) is 11.0 Å². The van der Waals surface area contributed by atoms with E-state index in [9.17, 15) is 4.79 Å². The molecule has 0 amide bonds. The molecule has 0 bridgehead atoms. The zero-order chi connectivity index (χ0) is 12.8. The number of nitrogens with zero attached hydrogens (tertiary/aromatic N) is 1. The molecule has 0 saturated heterocycles. The molecule has 2 N–H and O–H groups in total. The van der Waals surface area contributed by atoms with Crippen molar-refractivity contribution in [3.63, 3.8) is 0 Å². The van der Waals surface area contributed by atoms with Gasteiger partial charge in [-0.15, -0.1) is 0 Å². The first-order valence-electron chi connectivity index (χ1n) is 5.28. The highest BCUT2D eigenvalue weighted by molar-refractivity contribution is 6.29. The predicted molar refractivity (Wildman–Crippen MR) is 65.8 cm³/mol. The summed E-state index contributed by atoms with van der Waals surface area (Å²) in [7, 11) is 0. The second-order valence-corrected chi connectivity index (χ2v) is 3.96. The van der Waals surface area contributed by atoms with Crippen LogP contribution >= 0.6 is 11.6 Å². The van der Waals surface area contributed by atoms with Crippen molar-refractivity contribution in [2.24, 2.45) is 0 Å². The molecule has 0 aliphatic carbocycles. The lowest BCUT2D eigenvalue weighted by molar-refractivity contribution is 0.0697. The van der Waals surface area contributed by atoms with Crippen molar-refractivity contribution in [1.82, 2.24) is 4.98 Å². The topological polar surface area (TPSA) is 71.5 Å². The minimum atomic E-state index is -1.03. The molecule has 17 heavy (non-hydrogen) atoms. The van der Waals surface area contributed by atoms with Gasteiger partial charge in [0.05, 0.1) is 12.2 Å². The molecule has 1 rings (SSSR count). The van der Waals surface area contributed by atoms with E-state index in [4.69, 9.17) is 21.4 Å². The molecule has 0 aromatic carbocycles. The number of nitrogens with one attached hydrogen (secondary N) is 1. The van der Waals surface area contributed by atoms with Crippen molar-refractivity contribution in [2.75, 3.05) is 18.5 Å². The van der Waals surface area contributed by atoms with Gasteiger partial charge >= 0.3 is 5.97 Å². The summed E-state index contributed by atoms with van der Waals surface area (Å²) in [5, 5.41) is 12.0. The van der Waals surface area contributed by atoms with Crippen LogP contribution in [0.1, 0.15) is 24.2 Å². The molecule has 94 valence electrons. The van der Waals surface area contributed by atoms with Gasteiger partial charge in [-0.05, 0) is 26.0 Å². The molecule has 1 aromatic rings. The van der Waals surface area contributed by atoms with Crippen molar-refractivity contribution in [3.8, 4) is 0 Å². The summed E-state index contributed by atoms with van der Waals surface area (Å²) in [5.74, 6) is -0.600. The summed E-state index contributed by atoms with van der Waals surface area (Å²) in [6, 6.07) is 2.78. The predicted octanol–water partition coefficient (Wildman–Crippen LogP) is 2.27. The smallest absolute Gasteiger partial charge is 0.335 e. The van der Waals surface area contributed by atoms with E-state index >= 15 is 0 Å². The first-order valence-corrected chi connectivity index (χ1v) is 5.66. The zero-order valence-electron chi connectivity index (χ0n) is 9.74. The number of rotatable bonds is 6. The Kier molecular flexibility index (Phi) is 5.18. The van der Waals surface area contributed by atoms with Gasteiger partial charge in [-0.25, -0.2) is 9.78 Å². The third-order valence-electron chi connectivity index (χ3n) is 2.01. The Labute approximate surface area is 105 Å². The fourth-order valence-electron chi connectivity index (χ4n) is 1.28. The number of pyridine rings is 1. The van der Waals surface area contributed by atoms with Crippen LogP contribution in [0.3, 0.4) is 0 Å². The Morgan fingerprint density at radius 1 is 1.65 bits per heavy atom. The van der Waals surface area contributed by atoms with Gasteiger partial charge in [-0.2, -0.15) is 0 Å². The van der Waals surface area contributed by atoms with Crippen molar-refractivity contribution in [1.29, 1.82) is 0 Å². The molecule has 1 heterocycles. The number of aromatic nitrogens is 1. The molecule has 1 aromatic heterocycles. The summed E-state index contributed by atoms with van der Waals surface area (Å²) >= 11 is 5.74. The van der Waals surface area contributed by atoms with E-state index in [0.717, 1.165) is 0 Å². The standard InChI is InChI=1S/C11H15ClN2O3/c1-3-17-6-7(2)13-10-5-8(11(15)16)4-9(12)14-10/h4-5,7H,3,6H2,1-2H3,(H,13,14)(H,15,16). The minimum absolute atomic E-state index is 0.0301. The van der Waals surface area contributed by atoms with E-state index in [2.05, 4.69) is 10.3 Å². The van der Waals surface area contributed by atoms with Gasteiger partial charge in [0, 0.05) is 12.6 Å². The van der Waals surface area contributed by atoms with Gasteiger partial charge < -0.3 is 15.2 Å². The van der Waals surface area contributed by atoms with E-state index in [-0.39, 0.29) is 16.8 Å². The molecule has 0 fully saturated rings. The lowest BCUT2D eigenvalue weighted by Gasteiger charge is -2.14. The zero-order valence-corrected chi connectivity index (χ0v) is 10.5. The van der Waals surface area contributed by atoms with Gasteiger partial charge in [0.25, 0.3) is 0 Å². The van der Waals surface area contributed by atoms with Gasteiger partial charge in [0.15, 0.2) is 0 Å². The molecule has 0 spiro atoms. The van der Waals surface area contributed by atoms with Crippen LogP contribution in [0.25, 0.3) is 0 Å². The summed E-state index contributed by atoms with van der Waals surface area (Å²) in [6.07, 6.45) is 0. The highest BCUT2D eigenvalue weighted by atomic mass is 35.5. The van der Waals surface area contributed by atoms with Crippen molar-refractivity contribution >= 4 is 23.4 Å². The minimum Gasteiger partial charge on any atom is -0.478 e. The van der Waals surface area contributed by atoms with Crippen LogP contribution in [0.5, 0.6) is 0 Å². The molecule has 1 unspecified atom stereocenters. The van der Waals surface area contributed by atoms with E-state index in [1.165, 1.54) is 12.1 Å². The number of ether oxygens (including phenoxy) is 1. The van der Waals surface area contributed by atoms with Crippen LogP contribution in [0.4, 0.5) is 5.82 Å². The molecular formula is C11H15ClN2O3. The van der Waals surface area contributed by atoms with Gasteiger partial charge in [-0.3, -0.25) is 0 Å². The van der Waals surface area contributed by atoms with Crippen LogP contribution in [0.2, 0.25) is 5.15 Å². The Morgan fingerprint density at radius 3 is 2.94 bits per heavy atom. The fourth-order valence-corrected chi connectivity index (χ4v) is 1.49. The second-order valence-electron chi connectivity index (χ2n) is 3.57. The highest BCUT2D eigenvalue weighted by Gasteiger charge is 2.09. The highest BCUT2D eigenvalue weighted by Crippen LogP contribution is 2.15. The quantitative estimate of drug-likeness (QED) is 0.766. The number of halogens is 1. The number of anilines is 1. The van der Waals surface area contributed by atoms with E-state index in [1.54, 1.807) is 0 Å².